The van der Waals surface area contributed by atoms with Gasteiger partial charge >= 0.3 is 0 Å². The Hall–Kier alpha value is -2.98. The van der Waals surface area contributed by atoms with Gasteiger partial charge in [0.1, 0.15) is 18.1 Å². The number of carbonyl (C=O) groups is 1. The molecule has 3 rings (SSSR count). The Labute approximate surface area is 176 Å². The first-order valence-electron chi connectivity index (χ1n) is 9.49. The van der Waals surface area contributed by atoms with Gasteiger partial charge in [-0.3, -0.25) is 4.79 Å². The van der Waals surface area contributed by atoms with E-state index in [0.29, 0.717) is 35.2 Å². The van der Waals surface area contributed by atoms with Gasteiger partial charge in [-0.25, -0.2) is 0 Å². The van der Waals surface area contributed by atoms with E-state index >= 15 is 0 Å². The number of anilines is 1. The maximum atomic E-state index is 12.8. The zero-order valence-corrected chi connectivity index (χ0v) is 17.5. The van der Waals surface area contributed by atoms with Gasteiger partial charge in [0.05, 0.1) is 6.61 Å². The van der Waals surface area contributed by atoms with Gasteiger partial charge in [-0.1, -0.05) is 29.8 Å². The molecule has 0 fully saturated rings. The zero-order valence-electron chi connectivity index (χ0n) is 16.8. The van der Waals surface area contributed by atoms with Crippen LogP contribution in [0.25, 0.3) is 0 Å². The lowest BCUT2D eigenvalue weighted by Gasteiger charge is -2.14. The van der Waals surface area contributed by atoms with Crippen LogP contribution in [0, 0.1) is 13.8 Å². The van der Waals surface area contributed by atoms with Crippen molar-refractivity contribution in [2.75, 3.05) is 11.9 Å². The minimum absolute atomic E-state index is 0.213. The van der Waals surface area contributed by atoms with E-state index in [1.807, 2.05) is 51.1 Å². The maximum Gasteiger partial charge on any atom is 0.255 e. The van der Waals surface area contributed by atoms with Crippen molar-refractivity contribution >= 4 is 23.2 Å². The molecule has 0 radical (unpaired) electrons. The summed E-state index contributed by atoms with van der Waals surface area (Å²) in [6.07, 6.45) is 0. The normalized spacial score (nSPS) is 10.5. The molecule has 0 saturated heterocycles. The van der Waals surface area contributed by atoms with Gasteiger partial charge in [0.2, 0.25) is 0 Å². The molecule has 0 aliphatic heterocycles. The lowest BCUT2D eigenvalue weighted by Crippen LogP contribution is -2.14. The van der Waals surface area contributed by atoms with Crippen LogP contribution in [0.1, 0.15) is 34.0 Å². The number of benzene rings is 3. The van der Waals surface area contributed by atoms with Gasteiger partial charge in [-0.15, -0.1) is 0 Å². The molecule has 0 heterocycles. The van der Waals surface area contributed by atoms with Crippen molar-refractivity contribution in [1.82, 2.24) is 0 Å². The second kappa shape index (κ2) is 9.48. The molecule has 0 spiro atoms. The lowest BCUT2D eigenvalue weighted by molar-refractivity contribution is 0.102. The van der Waals surface area contributed by atoms with E-state index in [1.54, 1.807) is 30.3 Å². The van der Waals surface area contributed by atoms with Crippen LogP contribution < -0.4 is 14.8 Å². The van der Waals surface area contributed by atoms with Crippen LogP contribution in [0.5, 0.6) is 11.5 Å². The van der Waals surface area contributed by atoms with Crippen molar-refractivity contribution in [1.29, 1.82) is 0 Å². The van der Waals surface area contributed by atoms with Crippen molar-refractivity contribution in [3.05, 3.63) is 87.9 Å². The summed E-state index contributed by atoms with van der Waals surface area (Å²) in [5.74, 6) is 1.27. The molecule has 3 aromatic carbocycles. The van der Waals surface area contributed by atoms with E-state index < -0.39 is 0 Å². The van der Waals surface area contributed by atoms with Crippen LogP contribution in [0.4, 0.5) is 5.69 Å². The van der Waals surface area contributed by atoms with Crippen molar-refractivity contribution in [2.24, 2.45) is 0 Å². The number of halogens is 1. The number of rotatable bonds is 7. The predicted octanol–water partition coefficient (Wildman–Crippen LogP) is 6.19. The lowest BCUT2D eigenvalue weighted by atomic mass is 10.1. The van der Waals surface area contributed by atoms with E-state index in [0.717, 1.165) is 22.4 Å². The standard InChI is InChI=1S/C24H24ClNO3/c1-4-28-23-11-9-18(24(27)26-22-14-20(25)10-8-17(22)3)13-19(23)15-29-21-7-5-6-16(2)12-21/h5-14H,4,15H2,1-3H3,(H,26,27). The Balaban J connectivity index is 1.81. The smallest absolute Gasteiger partial charge is 0.255 e. The fraction of sp³-hybridized carbons (Fsp3) is 0.208. The van der Waals surface area contributed by atoms with Crippen LogP contribution in [0.3, 0.4) is 0 Å². The Morgan fingerprint density at radius 2 is 1.83 bits per heavy atom. The highest BCUT2D eigenvalue weighted by atomic mass is 35.5. The molecule has 5 heteroatoms. The number of carbonyl (C=O) groups excluding carboxylic acids is 1. The van der Waals surface area contributed by atoms with Crippen LogP contribution in [-0.2, 0) is 6.61 Å². The summed E-state index contributed by atoms with van der Waals surface area (Å²) in [4.78, 5) is 12.8. The minimum Gasteiger partial charge on any atom is -0.493 e. The first kappa shape index (κ1) is 20.7. The first-order valence-corrected chi connectivity index (χ1v) is 9.86. The fourth-order valence-corrected chi connectivity index (χ4v) is 3.09. The van der Waals surface area contributed by atoms with Crippen LogP contribution in [0.2, 0.25) is 5.02 Å². The number of nitrogens with one attached hydrogen (secondary N) is 1. The summed E-state index contributed by atoms with van der Waals surface area (Å²) in [6.45, 7) is 6.70. The molecule has 0 saturated carbocycles. The molecule has 0 aliphatic rings. The van der Waals surface area contributed by atoms with Crippen molar-refractivity contribution in [2.45, 2.75) is 27.4 Å². The second-order valence-electron chi connectivity index (χ2n) is 6.77. The highest BCUT2D eigenvalue weighted by Gasteiger charge is 2.13. The predicted molar refractivity (Wildman–Crippen MR) is 117 cm³/mol. The van der Waals surface area contributed by atoms with Gasteiger partial charge in [0.25, 0.3) is 5.91 Å². The Kier molecular flexibility index (Phi) is 6.78. The topological polar surface area (TPSA) is 47.6 Å². The fourth-order valence-electron chi connectivity index (χ4n) is 2.92. The summed E-state index contributed by atoms with van der Waals surface area (Å²) < 4.78 is 11.6. The number of amides is 1. The number of hydrogen-bond acceptors (Lipinski definition) is 3. The molecular weight excluding hydrogens is 386 g/mol. The van der Waals surface area contributed by atoms with Gasteiger partial charge in [-0.05, 0) is 74.4 Å². The Morgan fingerprint density at radius 1 is 1.00 bits per heavy atom. The largest absolute Gasteiger partial charge is 0.493 e. The summed E-state index contributed by atoms with van der Waals surface area (Å²) in [5, 5.41) is 3.50. The molecule has 0 aromatic heterocycles. The van der Waals surface area contributed by atoms with Crippen LogP contribution >= 0.6 is 11.6 Å². The molecule has 0 atom stereocenters. The van der Waals surface area contributed by atoms with Gasteiger partial charge in [0.15, 0.2) is 0 Å². The molecule has 3 aromatic rings. The Bertz CT molecular complexity index is 1020. The third kappa shape index (κ3) is 5.52. The van der Waals surface area contributed by atoms with E-state index in [-0.39, 0.29) is 5.91 Å². The van der Waals surface area contributed by atoms with Gasteiger partial charge in [0, 0.05) is 21.8 Å². The number of aryl methyl sites for hydroxylation is 2. The summed E-state index contributed by atoms with van der Waals surface area (Å²) in [7, 11) is 0. The monoisotopic (exact) mass is 409 g/mol. The van der Waals surface area contributed by atoms with Crippen molar-refractivity contribution in [3.8, 4) is 11.5 Å². The average molecular weight is 410 g/mol. The average Bonchev–Trinajstić information content (AvgIpc) is 2.70. The molecule has 29 heavy (non-hydrogen) atoms. The van der Waals surface area contributed by atoms with E-state index in [1.165, 1.54) is 0 Å². The SMILES string of the molecule is CCOc1ccc(C(=O)Nc2cc(Cl)ccc2C)cc1COc1cccc(C)c1. The molecule has 0 bridgehead atoms. The Morgan fingerprint density at radius 3 is 2.59 bits per heavy atom. The van der Waals surface area contributed by atoms with Crippen LogP contribution in [-0.4, -0.2) is 12.5 Å². The molecule has 1 amide bonds. The molecule has 4 nitrogen and oxygen atoms in total. The first-order chi connectivity index (χ1) is 14.0. The third-order valence-electron chi connectivity index (χ3n) is 4.45. The molecule has 0 aliphatic carbocycles. The molecule has 0 unspecified atom stereocenters. The highest BCUT2D eigenvalue weighted by molar-refractivity contribution is 6.31. The number of ether oxygens (including phenoxy) is 2. The zero-order chi connectivity index (χ0) is 20.8. The van der Waals surface area contributed by atoms with Gasteiger partial charge in [-0.2, -0.15) is 0 Å². The maximum absolute atomic E-state index is 12.8. The number of hydrogen-bond donors (Lipinski definition) is 1. The van der Waals surface area contributed by atoms with Gasteiger partial charge < -0.3 is 14.8 Å². The summed E-state index contributed by atoms with van der Waals surface area (Å²) in [5.41, 5.74) is 4.09. The third-order valence-corrected chi connectivity index (χ3v) is 4.69. The van der Waals surface area contributed by atoms with E-state index in [9.17, 15) is 4.79 Å². The second-order valence-corrected chi connectivity index (χ2v) is 7.21. The van der Waals surface area contributed by atoms with E-state index in [4.69, 9.17) is 21.1 Å². The highest BCUT2D eigenvalue weighted by Crippen LogP contribution is 2.25. The molecule has 150 valence electrons. The molecular formula is C24H24ClNO3. The van der Waals surface area contributed by atoms with E-state index in [2.05, 4.69) is 5.32 Å². The minimum atomic E-state index is -0.213. The quantitative estimate of drug-likeness (QED) is 0.506. The van der Waals surface area contributed by atoms with Crippen molar-refractivity contribution in [3.63, 3.8) is 0 Å². The molecule has 1 N–H and O–H groups in total. The summed E-state index contributed by atoms with van der Waals surface area (Å²) >= 11 is 6.05. The van der Waals surface area contributed by atoms with Crippen molar-refractivity contribution < 1.29 is 14.3 Å². The summed E-state index contributed by atoms with van der Waals surface area (Å²) in [6, 6.07) is 18.6. The van der Waals surface area contributed by atoms with Crippen LogP contribution in [0.15, 0.2) is 60.7 Å².